The quantitative estimate of drug-likeness (QED) is 0.550. The molecule has 1 saturated heterocycles. The van der Waals surface area contributed by atoms with Crippen molar-refractivity contribution >= 4 is 5.97 Å². The molecule has 12 heavy (non-hydrogen) atoms. The van der Waals surface area contributed by atoms with Crippen molar-refractivity contribution < 1.29 is 14.3 Å². The van der Waals surface area contributed by atoms with Crippen LogP contribution in [-0.2, 0) is 14.3 Å². The van der Waals surface area contributed by atoms with Crippen LogP contribution in [0.3, 0.4) is 0 Å². The molecule has 2 rings (SSSR count). The predicted octanol–water partition coefficient (Wildman–Crippen LogP) is 0.975. The number of carbonyl (C=O) groups is 1. The largest absolute Gasteiger partial charge is 0.465 e. The molecule has 0 bridgehead atoms. The average molecular weight is 170 g/mol. The summed E-state index contributed by atoms with van der Waals surface area (Å²) < 4.78 is 10.3. The van der Waals surface area contributed by atoms with Gasteiger partial charge in [-0.05, 0) is 19.3 Å². The third-order valence-corrected chi connectivity index (χ3v) is 3.02. The summed E-state index contributed by atoms with van der Waals surface area (Å²) in [4.78, 5) is 11.2. The topological polar surface area (TPSA) is 35.5 Å². The van der Waals surface area contributed by atoms with Gasteiger partial charge in [-0.3, -0.25) is 4.79 Å². The molecule has 68 valence electrons. The van der Waals surface area contributed by atoms with Gasteiger partial charge >= 0.3 is 5.97 Å². The van der Waals surface area contributed by atoms with Crippen molar-refractivity contribution in [3.05, 3.63) is 0 Å². The van der Waals surface area contributed by atoms with Gasteiger partial charge in [0.15, 0.2) is 0 Å². The minimum Gasteiger partial charge on any atom is -0.465 e. The van der Waals surface area contributed by atoms with Crippen LogP contribution in [0.15, 0.2) is 0 Å². The SMILES string of the molecule is COC1CCCC2C(=O)OCC12. The highest BCUT2D eigenvalue weighted by atomic mass is 16.5. The minimum absolute atomic E-state index is 0.0123. The number of ether oxygens (including phenoxy) is 2. The summed E-state index contributed by atoms with van der Waals surface area (Å²) in [6, 6.07) is 0. The molecule has 0 aromatic heterocycles. The summed E-state index contributed by atoms with van der Waals surface area (Å²) in [6.45, 7) is 0.571. The normalized spacial score (nSPS) is 40.8. The van der Waals surface area contributed by atoms with E-state index in [1.165, 1.54) is 0 Å². The fourth-order valence-corrected chi connectivity index (χ4v) is 2.32. The maximum Gasteiger partial charge on any atom is 0.309 e. The number of hydrogen-bond donors (Lipinski definition) is 0. The Bertz CT molecular complexity index is 190. The van der Waals surface area contributed by atoms with Gasteiger partial charge in [0.1, 0.15) is 0 Å². The van der Waals surface area contributed by atoms with E-state index >= 15 is 0 Å². The Morgan fingerprint density at radius 1 is 1.50 bits per heavy atom. The number of cyclic esters (lactones) is 1. The van der Waals surface area contributed by atoms with E-state index in [4.69, 9.17) is 9.47 Å². The van der Waals surface area contributed by atoms with Crippen LogP contribution < -0.4 is 0 Å². The lowest BCUT2D eigenvalue weighted by Gasteiger charge is -2.29. The van der Waals surface area contributed by atoms with E-state index in [1.54, 1.807) is 7.11 Å². The minimum atomic E-state index is -0.0123. The van der Waals surface area contributed by atoms with Crippen molar-refractivity contribution in [1.29, 1.82) is 0 Å². The van der Waals surface area contributed by atoms with Gasteiger partial charge in [-0.1, -0.05) is 0 Å². The van der Waals surface area contributed by atoms with Crippen LogP contribution in [0.4, 0.5) is 0 Å². The molecule has 2 fully saturated rings. The van der Waals surface area contributed by atoms with Crippen molar-refractivity contribution in [2.24, 2.45) is 11.8 Å². The molecule has 0 N–H and O–H groups in total. The van der Waals surface area contributed by atoms with Crippen LogP contribution >= 0.6 is 0 Å². The molecule has 3 nitrogen and oxygen atoms in total. The van der Waals surface area contributed by atoms with Crippen molar-refractivity contribution in [2.75, 3.05) is 13.7 Å². The molecule has 1 aliphatic carbocycles. The van der Waals surface area contributed by atoms with E-state index in [0.29, 0.717) is 12.5 Å². The Balaban J connectivity index is 2.09. The number of methoxy groups -OCH3 is 1. The molecular weight excluding hydrogens is 156 g/mol. The first kappa shape index (κ1) is 8.05. The van der Waals surface area contributed by atoms with Crippen LogP contribution in [0, 0.1) is 11.8 Å². The first-order valence-corrected chi connectivity index (χ1v) is 4.52. The van der Waals surface area contributed by atoms with E-state index < -0.39 is 0 Å². The van der Waals surface area contributed by atoms with Gasteiger partial charge in [0.05, 0.1) is 18.6 Å². The second-order valence-electron chi connectivity index (χ2n) is 3.61. The Kier molecular flexibility index (Phi) is 2.05. The Morgan fingerprint density at radius 3 is 3.08 bits per heavy atom. The zero-order valence-electron chi connectivity index (χ0n) is 7.29. The molecule has 3 atom stereocenters. The molecular formula is C9H14O3. The van der Waals surface area contributed by atoms with Gasteiger partial charge in [0.25, 0.3) is 0 Å². The van der Waals surface area contributed by atoms with Gasteiger partial charge in [0, 0.05) is 13.0 Å². The van der Waals surface area contributed by atoms with Crippen LogP contribution in [0.25, 0.3) is 0 Å². The Morgan fingerprint density at radius 2 is 2.33 bits per heavy atom. The first-order chi connectivity index (χ1) is 5.83. The molecule has 0 spiro atoms. The van der Waals surface area contributed by atoms with Crippen LogP contribution in [0.2, 0.25) is 0 Å². The number of carbonyl (C=O) groups excluding carboxylic acids is 1. The molecule has 0 amide bonds. The summed E-state index contributed by atoms with van der Waals surface area (Å²) >= 11 is 0. The molecule has 3 unspecified atom stereocenters. The standard InChI is InChI=1S/C9H14O3/c1-11-8-4-2-3-6-7(8)5-12-9(6)10/h6-8H,2-5H2,1H3. The lowest BCUT2D eigenvalue weighted by molar-refractivity contribution is -0.141. The van der Waals surface area contributed by atoms with Crippen molar-refractivity contribution in [3.63, 3.8) is 0 Å². The molecule has 1 aliphatic heterocycles. The number of rotatable bonds is 1. The zero-order valence-corrected chi connectivity index (χ0v) is 7.29. The smallest absolute Gasteiger partial charge is 0.309 e. The van der Waals surface area contributed by atoms with Gasteiger partial charge in [-0.2, -0.15) is 0 Å². The summed E-state index contributed by atoms with van der Waals surface area (Å²) in [5, 5.41) is 0. The molecule has 0 aromatic rings. The molecule has 3 heteroatoms. The first-order valence-electron chi connectivity index (χ1n) is 4.52. The number of hydrogen-bond acceptors (Lipinski definition) is 3. The van der Waals surface area contributed by atoms with Gasteiger partial charge in [0.2, 0.25) is 0 Å². The monoisotopic (exact) mass is 170 g/mol. The van der Waals surface area contributed by atoms with E-state index in [2.05, 4.69) is 0 Å². The van der Waals surface area contributed by atoms with E-state index in [1.807, 2.05) is 0 Å². The Labute approximate surface area is 72.0 Å². The maximum absolute atomic E-state index is 11.2. The van der Waals surface area contributed by atoms with E-state index in [-0.39, 0.29) is 18.0 Å². The molecule has 0 aromatic carbocycles. The number of fused-ring (bicyclic) bond motifs is 1. The fraction of sp³-hybridized carbons (Fsp3) is 0.889. The van der Waals surface area contributed by atoms with Crippen LogP contribution in [0.1, 0.15) is 19.3 Å². The highest BCUT2D eigenvalue weighted by Gasteiger charge is 2.43. The zero-order chi connectivity index (χ0) is 8.55. The third-order valence-electron chi connectivity index (χ3n) is 3.02. The summed E-state index contributed by atoms with van der Waals surface area (Å²) in [5.41, 5.74) is 0. The third kappa shape index (κ3) is 1.12. The second kappa shape index (κ2) is 3.05. The van der Waals surface area contributed by atoms with Crippen molar-refractivity contribution in [3.8, 4) is 0 Å². The maximum atomic E-state index is 11.2. The second-order valence-corrected chi connectivity index (χ2v) is 3.61. The highest BCUT2D eigenvalue weighted by Crippen LogP contribution is 2.36. The highest BCUT2D eigenvalue weighted by molar-refractivity contribution is 5.75. The van der Waals surface area contributed by atoms with Crippen LogP contribution in [0.5, 0.6) is 0 Å². The van der Waals surface area contributed by atoms with E-state index in [0.717, 1.165) is 19.3 Å². The Hall–Kier alpha value is -0.570. The summed E-state index contributed by atoms with van der Waals surface area (Å²) in [7, 11) is 1.72. The van der Waals surface area contributed by atoms with Gasteiger partial charge in [-0.25, -0.2) is 0 Å². The predicted molar refractivity (Wildman–Crippen MR) is 42.6 cm³/mol. The molecule has 2 aliphatic rings. The van der Waals surface area contributed by atoms with Gasteiger partial charge in [-0.15, -0.1) is 0 Å². The van der Waals surface area contributed by atoms with Crippen molar-refractivity contribution in [1.82, 2.24) is 0 Å². The number of esters is 1. The lowest BCUT2D eigenvalue weighted by atomic mass is 9.79. The lowest BCUT2D eigenvalue weighted by Crippen LogP contribution is -2.33. The fourth-order valence-electron chi connectivity index (χ4n) is 2.32. The van der Waals surface area contributed by atoms with Crippen LogP contribution in [-0.4, -0.2) is 25.8 Å². The average Bonchev–Trinajstić information content (AvgIpc) is 2.48. The van der Waals surface area contributed by atoms with E-state index in [9.17, 15) is 4.79 Å². The summed E-state index contributed by atoms with van der Waals surface area (Å²) in [6.07, 6.45) is 3.40. The molecule has 0 radical (unpaired) electrons. The summed E-state index contributed by atoms with van der Waals surface area (Å²) in [5.74, 6) is 0.446. The molecule has 1 heterocycles. The van der Waals surface area contributed by atoms with Crippen molar-refractivity contribution in [2.45, 2.75) is 25.4 Å². The van der Waals surface area contributed by atoms with Gasteiger partial charge < -0.3 is 9.47 Å². The molecule has 1 saturated carbocycles.